The number of nitrogens with one attached hydrogen (secondary N) is 3. The standard InChI is InChI=1S/C38H35N9O7S/c1-49-33-15-29-31(40-21-42-37(29)44-46-9-11-51-23-46)17-35(33)53-19-25-5-3-7-27(13-25)55(39,48)28-8-4-6-26(14-28)20-54-36-18-32-30(16-34(36)50-2)38(43-22-41-32)45-47-10-12-52-24-47/h3-18,21-22,39H,19-20,23-24H2,1-2H3,(H,40,42,44)(H,41,43,45). The topological polar surface area (TPSA) is 178 Å². The van der Waals surface area contributed by atoms with E-state index in [1.165, 1.54) is 12.7 Å². The summed E-state index contributed by atoms with van der Waals surface area (Å²) in [5.41, 5.74) is 9.11. The SMILES string of the molecule is COc1cc2c(NN3C=COC3)ncnc2cc1OCc1cccc(S(=N)(=O)c2cccc(COc3cc4ncnc(NN5C=COC5)c4cc3OC)c2)c1. The zero-order valence-electron chi connectivity index (χ0n) is 29.7. The van der Waals surface area contributed by atoms with Gasteiger partial charge in [0.15, 0.2) is 48.1 Å². The molecule has 0 spiro atoms. The molecule has 2 aliphatic heterocycles. The number of hydrogen-bond acceptors (Lipinski definition) is 16. The minimum Gasteiger partial charge on any atom is -0.493 e. The van der Waals surface area contributed by atoms with Crippen molar-refractivity contribution in [2.75, 3.05) is 38.5 Å². The fraction of sp³-hybridized carbons (Fsp3) is 0.158. The van der Waals surface area contributed by atoms with Crippen LogP contribution in [0.2, 0.25) is 0 Å². The van der Waals surface area contributed by atoms with Gasteiger partial charge in [-0.25, -0.2) is 28.9 Å². The molecule has 0 unspecified atom stereocenters. The molecule has 0 radical (unpaired) electrons. The second-order valence-corrected chi connectivity index (χ2v) is 14.3. The number of nitrogens with zero attached hydrogens (tertiary/aromatic N) is 6. The highest BCUT2D eigenvalue weighted by Crippen LogP contribution is 2.36. The molecule has 3 N–H and O–H groups in total. The van der Waals surface area contributed by atoms with Gasteiger partial charge in [-0.15, -0.1) is 0 Å². The van der Waals surface area contributed by atoms with Crippen LogP contribution in [0.3, 0.4) is 0 Å². The van der Waals surface area contributed by atoms with E-state index in [0.717, 1.165) is 21.9 Å². The lowest BCUT2D eigenvalue weighted by Crippen LogP contribution is -2.23. The van der Waals surface area contributed by atoms with Gasteiger partial charge in [-0.1, -0.05) is 24.3 Å². The molecule has 6 aromatic rings. The van der Waals surface area contributed by atoms with Gasteiger partial charge in [-0.3, -0.25) is 20.9 Å². The van der Waals surface area contributed by atoms with Gasteiger partial charge in [-0.2, -0.15) is 0 Å². The van der Waals surface area contributed by atoms with Crippen LogP contribution in [0.4, 0.5) is 11.6 Å². The van der Waals surface area contributed by atoms with Crippen molar-refractivity contribution in [3.63, 3.8) is 0 Å². The second-order valence-electron chi connectivity index (χ2n) is 12.2. The van der Waals surface area contributed by atoms with Crippen molar-refractivity contribution >= 4 is 43.2 Å². The molecule has 0 saturated heterocycles. The Morgan fingerprint density at radius 3 is 1.56 bits per heavy atom. The summed E-state index contributed by atoms with van der Waals surface area (Å²) in [4.78, 5) is 18.3. The van der Waals surface area contributed by atoms with Gasteiger partial charge in [-0.05, 0) is 47.5 Å². The summed E-state index contributed by atoms with van der Waals surface area (Å²) in [6.07, 6.45) is 9.62. The van der Waals surface area contributed by atoms with E-state index in [9.17, 15) is 4.21 Å². The predicted octanol–water partition coefficient (Wildman–Crippen LogP) is 6.39. The first-order valence-electron chi connectivity index (χ1n) is 16.9. The van der Waals surface area contributed by atoms with Gasteiger partial charge in [0.1, 0.15) is 48.1 Å². The van der Waals surface area contributed by atoms with Gasteiger partial charge in [0.2, 0.25) is 0 Å². The maximum absolute atomic E-state index is 14.1. The largest absolute Gasteiger partial charge is 0.493 e. The van der Waals surface area contributed by atoms with Crippen LogP contribution in [-0.4, -0.2) is 61.8 Å². The van der Waals surface area contributed by atoms with E-state index in [4.69, 9.17) is 33.2 Å². The first-order chi connectivity index (χ1) is 26.9. The van der Waals surface area contributed by atoms with E-state index in [0.29, 0.717) is 68.9 Å². The quantitative estimate of drug-likeness (QED) is 0.111. The lowest BCUT2D eigenvalue weighted by Gasteiger charge is -2.18. The molecular weight excluding hydrogens is 727 g/mol. The highest BCUT2D eigenvalue weighted by atomic mass is 32.2. The molecule has 0 atom stereocenters. The van der Waals surface area contributed by atoms with E-state index in [1.807, 2.05) is 12.1 Å². The van der Waals surface area contributed by atoms with Crippen LogP contribution in [-0.2, 0) is 32.4 Å². The van der Waals surface area contributed by atoms with Gasteiger partial charge >= 0.3 is 0 Å². The Kier molecular flexibility index (Phi) is 9.65. The van der Waals surface area contributed by atoms with E-state index in [1.54, 1.807) is 110 Å². The van der Waals surface area contributed by atoms with Crippen molar-refractivity contribution in [3.8, 4) is 23.0 Å². The Hall–Kier alpha value is -7.01. The Morgan fingerprint density at radius 2 is 1.15 bits per heavy atom. The Balaban J connectivity index is 0.968. The van der Waals surface area contributed by atoms with E-state index < -0.39 is 9.73 Å². The van der Waals surface area contributed by atoms with Crippen molar-refractivity contribution in [1.29, 1.82) is 4.78 Å². The molecule has 4 heterocycles. The van der Waals surface area contributed by atoms with Crippen molar-refractivity contribution in [3.05, 3.63) is 122 Å². The molecule has 2 aromatic heterocycles. The average Bonchev–Trinajstić information content (AvgIpc) is 3.94. The van der Waals surface area contributed by atoms with Gasteiger partial charge in [0.05, 0.1) is 47.4 Å². The molecule has 0 fully saturated rings. The van der Waals surface area contributed by atoms with Crippen molar-refractivity contribution in [1.82, 2.24) is 30.0 Å². The number of aromatic nitrogens is 4. The third-order valence-corrected chi connectivity index (χ3v) is 10.5. The maximum atomic E-state index is 14.1. The number of methoxy groups -OCH3 is 2. The summed E-state index contributed by atoms with van der Waals surface area (Å²) in [6, 6.07) is 21.2. The summed E-state index contributed by atoms with van der Waals surface area (Å²) in [6.45, 7) is 0.954. The molecule has 280 valence electrons. The molecule has 0 aliphatic carbocycles. The Morgan fingerprint density at radius 1 is 0.673 bits per heavy atom. The summed E-state index contributed by atoms with van der Waals surface area (Å²) in [5, 5.41) is 4.96. The van der Waals surface area contributed by atoms with Crippen molar-refractivity contribution < 1.29 is 32.6 Å². The van der Waals surface area contributed by atoms with Crippen LogP contribution >= 0.6 is 0 Å². The number of hydrogen-bond donors (Lipinski definition) is 3. The predicted molar refractivity (Wildman–Crippen MR) is 202 cm³/mol. The number of rotatable bonds is 14. The molecular formula is C38H35N9O7S. The third-order valence-electron chi connectivity index (χ3n) is 8.69. The average molecular weight is 762 g/mol. The van der Waals surface area contributed by atoms with Crippen LogP contribution in [0.25, 0.3) is 21.8 Å². The summed E-state index contributed by atoms with van der Waals surface area (Å²) < 4.78 is 57.3. The summed E-state index contributed by atoms with van der Waals surface area (Å²) in [7, 11) is -0.291. The normalized spacial score (nSPS) is 13.5. The summed E-state index contributed by atoms with van der Waals surface area (Å²) >= 11 is 0. The highest BCUT2D eigenvalue weighted by molar-refractivity contribution is 7.92. The monoisotopic (exact) mass is 761 g/mol. The molecule has 55 heavy (non-hydrogen) atoms. The van der Waals surface area contributed by atoms with Crippen LogP contribution in [0.5, 0.6) is 23.0 Å². The van der Waals surface area contributed by atoms with Gasteiger partial charge in [0, 0.05) is 22.9 Å². The highest BCUT2D eigenvalue weighted by Gasteiger charge is 2.18. The summed E-state index contributed by atoms with van der Waals surface area (Å²) in [5.74, 6) is 3.07. The van der Waals surface area contributed by atoms with Crippen LogP contribution < -0.4 is 29.8 Å². The zero-order chi connectivity index (χ0) is 37.8. The maximum Gasteiger partial charge on any atom is 0.178 e. The van der Waals surface area contributed by atoms with Crippen LogP contribution in [0.1, 0.15) is 11.1 Å². The number of fused-ring (bicyclic) bond motifs is 2. The Labute approximate surface area is 315 Å². The zero-order valence-corrected chi connectivity index (χ0v) is 30.5. The number of hydrazine groups is 2. The molecule has 0 bridgehead atoms. The van der Waals surface area contributed by atoms with E-state index in [-0.39, 0.29) is 13.2 Å². The first kappa shape index (κ1) is 35.0. The smallest absolute Gasteiger partial charge is 0.178 e. The van der Waals surface area contributed by atoms with Crippen LogP contribution in [0.15, 0.2) is 120 Å². The van der Waals surface area contributed by atoms with E-state index >= 15 is 0 Å². The van der Waals surface area contributed by atoms with Gasteiger partial charge < -0.3 is 28.4 Å². The third kappa shape index (κ3) is 7.45. The molecule has 8 rings (SSSR count). The Bertz CT molecular complexity index is 2380. The molecule has 0 saturated carbocycles. The molecule has 0 amide bonds. The fourth-order valence-corrected chi connectivity index (χ4v) is 7.36. The second kappa shape index (κ2) is 15.2. The van der Waals surface area contributed by atoms with Crippen molar-refractivity contribution in [2.24, 2.45) is 0 Å². The molecule has 16 nitrogen and oxygen atoms in total. The molecule has 2 aliphatic rings. The van der Waals surface area contributed by atoms with E-state index in [2.05, 4.69) is 30.8 Å². The number of anilines is 2. The first-order valence-corrected chi connectivity index (χ1v) is 18.4. The van der Waals surface area contributed by atoms with Gasteiger partial charge in [0.25, 0.3) is 0 Å². The minimum absolute atomic E-state index is 0.130. The molecule has 17 heteroatoms. The molecule has 4 aromatic carbocycles. The van der Waals surface area contributed by atoms with Crippen molar-refractivity contribution in [2.45, 2.75) is 23.0 Å². The number of benzene rings is 4. The van der Waals surface area contributed by atoms with Crippen LogP contribution in [0, 0.1) is 4.78 Å². The number of ether oxygens (including phenoxy) is 6. The lowest BCUT2D eigenvalue weighted by molar-refractivity contribution is 0.190. The fourth-order valence-electron chi connectivity index (χ4n) is 5.91. The minimum atomic E-state index is -3.41. The lowest BCUT2D eigenvalue weighted by atomic mass is 10.2.